The van der Waals surface area contributed by atoms with Gasteiger partial charge in [0.25, 0.3) is 0 Å². The van der Waals surface area contributed by atoms with Crippen LogP contribution in [0.15, 0.2) is 0 Å². The van der Waals surface area contributed by atoms with Gasteiger partial charge in [0.15, 0.2) is 6.10 Å². The van der Waals surface area contributed by atoms with Crippen LogP contribution in [0, 0.1) is 11.3 Å². The Bertz CT molecular complexity index is 230. The van der Waals surface area contributed by atoms with Crippen LogP contribution in [0.3, 0.4) is 0 Å². The van der Waals surface area contributed by atoms with Crippen LogP contribution >= 0.6 is 0 Å². The maximum Gasteiger partial charge on any atom is 0.156 e. The van der Waals surface area contributed by atoms with Crippen LogP contribution in [0.25, 0.3) is 0 Å². The second-order valence-electron chi connectivity index (χ2n) is 4.75. The molecule has 0 spiro atoms. The molecule has 1 aliphatic rings. The van der Waals surface area contributed by atoms with Crippen molar-refractivity contribution in [2.75, 3.05) is 32.8 Å². The van der Waals surface area contributed by atoms with Crippen LogP contribution in [0.1, 0.15) is 20.8 Å². The Kier molecular flexibility index (Phi) is 4.52. The summed E-state index contributed by atoms with van der Waals surface area (Å²) in [6.07, 6.45) is -0.270. The maximum atomic E-state index is 8.73. The Morgan fingerprint density at radius 3 is 2.87 bits per heavy atom. The summed E-state index contributed by atoms with van der Waals surface area (Å²) in [5.41, 5.74) is -0.0824. The zero-order valence-corrected chi connectivity index (χ0v) is 9.82. The van der Waals surface area contributed by atoms with E-state index in [0.717, 1.165) is 13.1 Å². The lowest BCUT2D eigenvalue weighted by molar-refractivity contribution is -0.0396. The standard InChI is InChI=1S/C11H20N2O2/c1-11(2,3)15-7-5-13-4-6-14-10(8-12)9-13/h10H,4-7,9H2,1-3H3. The van der Waals surface area contributed by atoms with E-state index in [1.54, 1.807) is 0 Å². The van der Waals surface area contributed by atoms with Crippen molar-refractivity contribution in [1.82, 2.24) is 4.90 Å². The number of rotatable bonds is 3. The molecule has 1 saturated heterocycles. The normalized spacial score (nSPS) is 23.7. The first kappa shape index (κ1) is 12.4. The van der Waals surface area contributed by atoms with Crippen molar-refractivity contribution in [2.24, 2.45) is 0 Å². The third-order valence-electron chi connectivity index (χ3n) is 2.24. The Balaban J connectivity index is 2.19. The predicted octanol–water partition coefficient (Wildman–Crippen LogP) is 1.03. The Labute approximate surface area is 91.8 Å². The van der Waals surface area contributed by atoms with Gasteiger partial charge in [0, 0.05) is 19.6 Å². The lowest BCUT2D eigenvalue weighted by Gasteiger charge is -2.30. The van der Waals surface area contributed by atoms with E-state index < -0.39 is 0 Å². The van der Waals surface area contributed by atoms with E-state index in [2.05, 4.69) is 11.0 Å². The van der Waals surface area contributed by atoms with Gasteiger partial charge in [-0.15, -0.1) is 0 Å². The smallest absolute Gasteiger partial charge is 0.156 e. The molecule has 1 heterocycles. The molecule has 1 aliphatic heterocycles. The summed E-state index contributed by atoms with van der Waals surface area (Å²) >= 11 is 0. The third kappa shape index (κ3) is 5.12. The molecular weight excluding hydrogens is 192 g/mol. The van der Waals surface area contributed by atoms with Crippen molar-refractivity contribution in [2.45, 2.75) is 32.5 Å². The average molecular weight is 212 g/mol. The highest BCUT2D eigenvalue weighted by atomic mass is 16.5. The number of hydrogen-bond donors (Lipinski definition) is 0. The van der Waals surface area contributed by atoms with Gasteiger partial charge in [0.05, 0.1) is 24.9 Å². The quantitative estimate of drug-likeness (QED) is 0.701. The molecule has 1 rings (SSSR count). The van der Waals surface area contributed by atoms with E-state index in [4.69, 9.17) is 14.7 Å². The SMILES string of the molecule is CC(C)(C)OCCN1CCOC(C#N)C1. The van der Waals surface area contributed by atoms with E-state index in [1.807, 2.05) is 20.8 Å². The summed E-state index contributed by atoms with van der Waals surface area (Å²) in [5.74, 6) is 0. The predicted molar refractivity (Wildman–Crippen MR) is 57.5 cm³/mol. The second-order valence-corrected chi connectivity index (χ2v) is 4.75. The van der Waals surface area contributed by atoms with Gasteiger partial charge < -0.3 is 9.47 Å². The molecule has 0 N–H and O–H groups in total. The van der Waals surface area contributed by atoms with Gasteiger partial charge in [-0.3, -0.25) is 4.90 Å². The number of nitriles is 1. The topological polar surface area (TPSA) is 45.5 Å². The number of morpholine rings is 1. The first-order valence-electron chi connectivity index (χ1n) is 5.39. The molecule has 1 fully saturated rings. The number of ether oxygens (including phenoxy) is 2. The highest BCUT2D eigenvalue weighted by molar-refractivity contribution is 4.89. The van der Waals surface area contributed by atoms with Gasteiger partial charge in [0.2, 0.25) is 0 Å². The molecule has 0 aliphatic carbocycles. The molecule has 86 valence electrons. The van der Waals surface area contributed by atoms with Crippen LogP contribution in [0.4, 0.5) is 0 Å². The van der Waals surface area contributed by atoms with E-state index in [-0.39, 0.29) is 11.7 Å². The zero-order valence-electron chi connectivity index (χ0n) is 9.82. The Hall–Kier alpha value is -0.630. The van der Waals surface area contributed by atoms with Crippen molar-refractivity contribution < 1.29 is 9.47 Å². The van der Waals surface area contributed by atoms with Gasteiger partial charge in [-0.1, -0.05) is 0 Å². The van der Waals surface area contributed by atoms with Crippen molar-refractivity contribution >= 4 is 0 Å². The first-order valence-corrected chi connectivity index (χ1v) is 5.39. The zero-order chi connectivity index (χ0) is 11.3. The highest BCUT2D eigenvalue weighted by Gasteiger charge is 2.20. The van der Waals surface area contributed by atoms with E-state index in [0.29, 0.717) is 19.8 Å². The fraction of sp³-hybridized carbons (Fsp3) is 0.909. The summed E-state index contributed by atoms with van der Waals surface area (Å²) in [6.45, 7) is 9.96. The van der Waals surface area contributed by atoms with Crippen molar-refractivity contribution in [3.63, 3.8) is 0 Å². The summed E-state index contributed by atoms with van der Waals surface area (Å²) in [7, 11) is 0. The van der Waals surface area contributed by atoms with Crippen LogP contribution < -0.4 is 0 Å². The minimum atomic E-state index is -0.270. The molecule has 0 aromatic rings. The lowest BCUT2D eigenvalue weighted by Crippen LogP contribution is -2.43. The molecule has 4 nitrogen and oxygen atoms in total. The van der Waals surface area contributed by atoms with Crippen LogP contribution in [0.5, 0.6) is 0 Å². The van der Waals surface area contributed by atoms with Crippen LogP contribution in [-0.2, 0) is 9.47 Å². The molecule has 0 aromatic heterocycles. The monoisotopic (exact) mass is 212 g/mol. The van der Waals surface area contributed by atoms with E-state index >= 15 is 0 Å². The number of hydrogen-bond acceptors (Lipinski definition) is 4. The van der Waals surface area contributed by atoms with Crippen molar-refractivity contribution in [3.8, 4) is 6.07 Å². The van der Waals surface area contributed by atoms with E-state index in [9.17, 15) is 0 Å². The fourth-order valence-electron chi connectivity index (χ4n) is 1.46. The molecule has 0 amide bonds. The highest BCUT2D eigenvalue weighted by Crippen LogP contribution is 2.08. The molecule has 1 unspecified atom stereocenters. The Morgan fingerprint density at radius 2 is 2.27 bits per heavy atom. The minimum Gasteiger partial charge on any atom is -0.375 e. The summed E-state index contributed by atoms with van der Waals surface area (Å²) in [5, 5.41) is 8.73. The third-order valence-corrected chi connectivity index (χ3v) is 2.24. The van der Waals surface area contributed by atoms with Gasteiger partial charge in [-0.05, 0) is 20.8 Å². The molecule has 15 heavy (non-hydrogen) atoms. The van der Waals surface area contributed by atoms with Gasteiger partial charge in [-0.2, -0.15) is 5.26 Å². The average Bonchev–Trinajstić information content (AvgIpc) is 2.16. The molecule has 4 heteroatoms. The molecule has 1 atom stereocenters. The fourth-order valence-corrected chi connectivity index (χ4v) is 1.46. The van der Waals surface area contributed by atoms with Crippen LogP contribution in [0.2, 0.25) is 0 Å². The molecule has 0 bridgehead atoms. The second kappa shape index (κ2) is 5.45. The molecule has 0 aromatic carbocycles. The summed E-state index contributed by atoms with van der Waals surface area (Å²) < 4.78 is 10.9. The van der Waals surface area contributed by atoms with Crippen molar-refractivity contribution in [3.05, 3.63) is 0 Å². The lowest BCUT2D eigenvalue weighted by atomic mass is 10.2. The molecule has 0 radical (unpaired) electrons. The largest absolute Gasteiger partial charge is 0.375 e. The number of nitrogens with zero attached hydrogens (tertiary/aromatic N) is 2. The summed E-state index contributed by atoms with van der Waals surface area (Å²) in [4.78, 5) is 2.21. The molecule has 0 saturated carbocycles. The van der Waals surface area contributed by atoms with Crippen molar-refractivity contribution in [1.29, 1.82) is 5.26 Å². The summed E-state index contributed by atoms with van der Waals surface area (Å²) in [6, 6.07) is 2.14. The first-order chi connectivity index (χ1) is 7.01. The van der Waals surface area contributed by atoms with Gasteiger partial charge >= 0.3 is 0 Å². The maximum absolute atomic E-state index is 8.73. The van der Waals surface area contributed by atoms with E-state index in [1.165, 1.54) is 0 Å². The molecular formula is C11H20N2O2. The minimum absolute atomic E-state index is 0.0824. The van der Waals surface area contributed by atoms with Gasteiger partial charge in [-0.25, -0.2) is 0 Å². The van der Waals surface area contributed by atoms with Gasteiger partial charge in [0.1, 0.15) is 0 Å². The van der Waals surface area contributed by atoms with Crippen LogP contribution in [-0.4, -0.2) is 49.5 Å². The Morgan fingerprint density at radius 1 is 1.53 bits per heavy atom.